The fourth-order valence-corrected chi connectivity index (χ4v) is 2.12. The number of carbonyl (C=O) groups excluding carboxylic acids is 2. The molecular formula is C13H12N2NaO2S+. The second-order valence-electron chi connectivity index (χ2n) is 3.88. The first-order chi connectivity index (χ1) is 8.65. The van der Waals surface area contributed by atoms with Gasteiger partial charge in [-0.3, -0.25) is 14.5 Å². The Morgan fingerprint density at radius 2 is 1.95 bits per heavy atom. The third kappa shape index (κ3) is 3.30. The van der Waals surface area contributed by atoms with Crippen molar-refractivity contribution in [3.63, 3.8) is 0 Å². The molecule has 0 bridgehead atoms. The van der Waals surface area contributed by atoms with Crippen LogP contribution in [0.5, 0.6) is 0 Å². The van der Waals surface area contributed by atoms with E-state index < -0.39 is 5.92 Å². The molecule has 1 heterocycles. The van der Waals surface area contributed by atoms with Gasteiger partial charge in [-0.15, -0.1) is 6.58 Å². The van der Waals surface area contributed by atoms with Crippen molar-refractivity contribution in [1.82, 2.24) is 10.2 Å². The molecule has 2 rings (SSSR count). The molecule has 1 N–H and O–H groups in total. The van der Waals surface area contributed by atoms with Crippen molar-refractivity contribution in [3.8, 4) is 0 Å². The number of hydrogen-bond donors (Lipinski definition) is 1. The van der Waals surface area contributed by atoms with Crippen molar-refractivity contribution in [1.29, 1.82) is 0 Å². The molecule has 19 heavy (non-hydrogen) atoms. The van der Waals surface area contributed by atoms with Crippen LogP contribution < -0.4 is 34.9 Å². The minimum absolute atomic E-state index is 0. The summed E-state index contributed by atoms with van der Waals surface area (Å²) in [5, 5.41) is 2.68. The maximum Gasteiger partial charge on any atom is 1.00 e. The van der Waals surface area contributed by atoms with E-state index in [0.717, 1.165) is 0 Å². The number of nitrogens with zero attached hydrogens (tertiary/aromatic N) is 1. The van der Waals surface area contributed by atoms with Gasteiger partial charge in [0, 0.05) is 6.54 Å². The average Bonchev–Trinajstić information content (AvgIpc) is 2.35. The molecule has 4 nitrogen and oxygen atoms in total. The van der Waals surface area contributed by atoms with Crippen molar-refractivity contribution in [2.75, 3.05) is 6.54 Å². The molecule has 1 fully saturated rings. The molecule has 1 aliphatic rings. The molecule has 92 valence electrons. The largest absolute Gasteiger partial charge is 1.00 e. The molecule has 0 aromatic heterocycles. The molecule has 1 aliphatic heterocycles. The van der Waals surface area contributed by atoms with Gasteiger partial charge in [0.15, 0.2) is 5.11 Å². The van der Waals surface area contributed by atoms with Gasteiger partial charge < -0.3 is 5.32 Å². The van der Waals surface area contributed by atoms with Crippen LogP contribution in [-0.4, -0.2) is 28.4 Å². The number of nitrogens with one attached hydrogen (secondary N) is 1. The van der Waals surface area contributed by atoms with Crippen LogP contribution in [-0.2, 0) is 9.59 Å². The zero-order valence-electron chi connectivity index (χ0n) is 10.6. The van der Waals surface area contributed by atoms with Crippen molar-refractivity contribution in [2.24, 2.45) is 0 Å². The molecular weight excluding hydrogens is 271 g/mol. The monoisotopic (exact) mass is 283 g/mol. The van der Waals surface area contributed by atoms with Crippen LogP contribution in [0.25, 0.3) is 0 Å². The molecule has 1 aromatic rings. The summed E-state index contributed by atoms with van der Waals surface area (Å²) in [4.78, 5) is 25.5. The van der Waals surface area contributed by atoms with Gasteiger partial charge in [0.1, 0.15) is 5.92 Å². The molecule has 1 aromatic carbocycles. The first-order valence-electron chi connectivity index (χ1n) is 5.47. The fourth-order valence-electron chi connectivity index (χ4n) is 1.85. The van der Waals surface area contributed by atoms with Gasteiger partial charge in [-0.05, 0) is 17.8 Å². The number of hydrogen-bond acceptors (Lipinski definition) is 3. The molecule has 0 spiro atoms. The molecule has 1 saturated heterocycles. The first-order valence-corrected chi connectivity index (χ1v) is 5.88. The predicted molar refractivity (Wildman–Crippen MR) is 71.8 cm³/mol. The average molecular weight is 283 g/mol. The predicted octanol–water partition coefficient (Wildman–Crippen LogP) is -1.80. The Bertz CT molecular complexity index is 519. The van der Waals surface area contributed by atoms with Gasteiger partial charge in [-0.2, -0.15) is 0 Å². The summed E-state index contributed by atoms with van der Waals surface area (Å²) in [6, 6.07) is 8.92. The van der Waals surface area contributed by atoms with E-state index in [2.05, 4.69) is 11.9 Å². The SMILES string of the molecule is C=CCN1C(=O)C(c2ccccc2)C(=O)NC1=S.[Na+]. The Morgan fingerprint density at radius 1 is 1.32 bits per heavy atom. The van der Waals surface area contributed by atoms with E-state index in [9.17, 15) is 9.59 Å². The summed E-state index contributed by atoms with van der Waals surface area (Å²) in [7, 11) is 0. The van der Waals surface area contributed by atoms with Gasteiger partial charge in [-0.1, -0.05) is 36.4 Å². The van der Waals surface area contributed by atoms with Crippen LogP contribution in [0, 0.1) is 0 Å². The van der Waals surface area contributed by atoms with Crippen LogP contribution in [0.4, 0.5) is 0 Å². The summed E-state index contributed by atoms with van der Waals surface area (Å²) in [6.07, 6.45) is 1.57. The summed E-state index contributed by atoms with van der Waals surface area (Å²) in [6.45, 7) is 3.87. The van der Waals surface area contributed by atoms with E-state index in [0.29, 0.717) is 12.1 Å². The zero-order valence-corrected chi connectivity index (χ0v) is 13.4. The second-order valence-corrected chi connectivity index (χ2v) is 4.26. The van der Waals surface area contributed by atoms with Crippen molar-refractivity contribution >= 4 is 29.1 Å². The smallest absolute Gasteiger partial charge is 0.302 e. The minimum atomic E-state index is -0.835. The maximum absolute atomic E-state index is 12.3. The standard InChI is InChI=1S/C13H12N2O2S.Na/c1-2-8-15-12(17)10(11(16)14-13(15)18)9-6-4-3-5-7-9;/h2-7,10H,1,8H2,(H,14,16,18);/q;+1. The Morgan fingerprint density at radius 3 is 2.53 bits per heavy atom. The third-order valence-electron chi connectivity index (χ3n) is 2.70. The van der Waals surface area contributed by atoms with Crippen LogP contribution in [0.3, 0.4) is 0 Å². The van der Waals surface area contributed by atoms with E-state index in [1.165, 1.54) is 4.90 Å². The van der Waals surface area contributed by atoms with Crippen molar-refractivity contribution in [3.05, 3.63) is 48.6 Å². The third-order valence-corrected chi connectivity index (χ3v) is 3.02. The molecule has 0 aliphatic carbocycles. The molecule has 1 atom stereocenters. The summed E-state index contributed by atoms with van der Waals surface area (Å²) in [5.74, 6) is -1.52. The van der Waals surface area contributed by atoms with Gasteiger partial charge in [-0.25, -0.2) is 0 Å². The molecule has 0 radical (unpaired) electrons. The molecule has 2 amide bonds. The molecule has 1 unspecified atom stereocenters. The topological polar surface area (TPSA) is 49.4 Å². The van der Waals surface area contributed by atoms with Gasteiger partial charge in [0.25, 0.3) is 0 Å². The van der Waals surface area contributed by atoms with E-state index in [1.54, 1.807) is 30.3 Å². The van der Waals surface area contributed by atoms with E-state index in [4.69, 9.17) is 12.2 Å². The van der Waals surface area contributed by atoms with Gasteiger partial charge in [0.2, 0.25) is 11.8 Å². The number of carbonyl (C=O) groups is 2. The number of thiocarbonyl (C=S) groups is 1. The minimum Gasteiger partial charge on any atom is -0.302 e. The van der Waals surface area contributed by atoms with Crippen LogP contribution in [0.1, 0.15) is 11.5 Å². The van der Waals surface area contributed by atoms with E-state index in [-0.39, 0.29) is 46.5 Å². The van der Waals surface area contributed by atoms with Crippen LogP contribution in [0.15, 0.2) is 43.0 Å². The van der Waals surface area contributed by atoms with E-state index >= 15 is 0 Å². The molecule has 0 saturated carbocycles. The Labute approximate surface area is 139 Å². The number of benzene rings is 1. The van der Waals surface area contributed by atoms with Crippen molar-refractivity contribution < 1.29 is 39.1 Å². The van der Waals surface area contributed by atoms with Crippen molar-refractivity contribution in [2.45, 2.75) is 5.92 Å². The Kier molecular flexibility index (Phi) is 5.87. The summed E-state index contributed by atoms with van der Waals surface area (Å²) in [5.41, 5.74) is 0.663. The summed E-state index contributed by atoms with van der Waals surface area (Å²) < 4.78 is 0. The van der Waals surface area contributed by atoms with Gasteiger partial charge in [0.05, 0.1) is 0 Å². The quantitative estimate of drug-likeness (QED) is 0.308. The number of amides is 2. The summed E-state index contributed by atoms with van der Waals surface area (Å²) >= 11 is 4.97. The first kappa shape index (κ1) is 16.0. The second kappa shape index (κ2) is 6.96. The maximum atomic E-state index is 12.3. The van der Waals surface area contributed by atoms with Gasteiger partial charge >= 0.3 is 29.6 Å². The number of rotatable bonds is 3. The Balaban J connectivity index is 0.00000180. The van der Waals surface area contributed by atoms with Crippen LogP contribution in [0.2, 0.25) is 0 Å². The normalized spacial score (nSPS) is 18.6. The van der Waals surface area contributed by atoms with E-state index in [1.807, 2.05) is 6.07 Å². The Hall–Kier alpha value is -1.01. The molecule has 6 heteroatoms. The fraction of sp³-hybridized carbons (Fsp3) is 0.154. The van der Waals surface area contributed by atoms with Crippen LogP contribution >= 0.6 is 12.2 Å². The zero-order chi connectivity index (χ0) is 13.1.